The Bertz CT molecular complexity index is 605. The molecule has 3 rings (SSSR count). The van der Waals surface area contributed by atoms with E-state index in [0.29, 0.717) is 5.69 Å². The summed E-state index contributed by atoms with van der Waals surface area (Å²) in [6.07, 6.45) is 2.85. The van der Waals surface area contributed by atoms with Gasteiger partial charge in [0.1, 0.15) is 5.69 Å². The van der Waals surface area contributed by atoms with Gasteiger partial charge in [0, 0.05) is 18.0 Å². The number of pyridine rings is 1. The first kappa shape index (κ1) is 12.0. The van der Waals surface area contributed by atoms with E-state index in [-0.39, 0.29) is 5.84 Å². The number of fused-ring (bicyclic) bond motifs is 1. The molecule has 2 aromatic heterocycles. The maximum atomic E-state index is 8.61. The Balaban J connectivity index is 1.81. The average molecular weight is 274 g/mol. The van der Waals surface area contributed by atoms with Crippen LogP contribution in [0.1, 0.15) is 16.1 Å². The fourth-order valence-electron chi connectivity index (χ4n) is 2.24. The molecule has 3 N–H and O–H groups in total. The quantitative estimate of drug-likeness (QED) is 0.379. The van der Waals surface area contributed by atoms with E-state index in [4.69, 9.17) is 10.9 Å². The number of hydrogen-bond acceptors (Lipinski definition) is 5. The number of amidine groups is 1. The van der Waals surface area contributed by atoms with Gasteiger partial charge in [0.2, 0.25) is 0 Å². The SMILES string of the molecule is N/C(=N/O)c1ccc(N2CCc3sccc3C2)cn1. The minimum atomic E-state index is 0.0327. The van der Waals surface area contributed by atoms with Gasteiger partial charge in [0.15, 0.2) is 5.84 Å². The third-order valence-electron chi connectivity index (χ3n) is 3.29. The van der Waals surface area contributed by atoms with Gasteiger partial charge in [-0.2, -0.15) is 0 Å². The summed E-state index contributed by atoms with van der Waals surface area (Å²) < 4.78 is 0. The highest BCUT2D eigenvalue weighted by atomic mass is 32.1. The first-order valence-corrected chi connectivity index (χ1v) is 6.90. The lowest BCUT2D eigenvalue weighted by atomic mass is 10.1. The van der Waals surface area contributed by atoms with Crippen LogP contribution < -0.4 is 10.6 Å². The topological polar surface area (TPSA) is 74.7 Å². The van der Waals surface area contributed by atoms with E-state index in [1.54, 1.807) is 12.3 Å². The van der Waals surface area contributed by atoms with Crippen molar-refractivity contribution in [3.8, 4) is 0 Å². The number of nitrogens with two attached hydrogens (primary N) is 1. The van der Waals surface area contributed by atoms with Gasteiger partial charge < -0.3 is 15.8 Å². The zero-order valence-corrected chi connectivity index (χ0v) is 11.1. The highest BCUT2D eigenvalue weighted by molar-refractivity contribution is 7.10. The Morgan fingerprint density at radius 3 is 3.05 bits per heavy atom. The molecule has 3 heterocycles. The number of rotatable bonds is 2. The predicted molar refractivity (Wildman–Crippen MR) is 75.8 cm³/mol. The number of anilines is 1. The minimum Gasteiger partial charge on any atom is -0.409 e. The van der Waals surface area contributed by atoms with E-state index in [1.165, 1.54) is 10.4 Å². The molecular formula is C13H14N4OS. The third-order valence-corrected chi connectivity index (χ3v) is 4.31. The molecule has 0 unspecified atom stereocenters. The van der Waals surface area contributed by atoms with E-state index in [1.807, 2.05) is 17.4 Å². The zero-order chi connectivity index (χ0) is 13.2. The van der Waals surface area contributed by atoms with Crippen LogP contribution in [0.25, 0.3) is 0 Å². The van der Waals surface area contributed by atoms with Crippen molar-refractivity contribution in [1.29, 1.82) is 0 Å². The van der Waals surface area contributed by atoms with Crippen LogP contribution >= 0.6 is 11.3 Å². The van der Waals surface area contributed by atoms with Crippen LogP contribution in [-0.2, 0) is 13.0 Å². The van der Waals surface area contributed by atoms with Gasteiger partial charge in [-0.25, -0.2) is 0 Å². The van der Waals surface area contributed by atoms with Crippen LogP contribution in [0, 0.1) is 0 Å². The summed E-state index contributed by atoms with van der Waals surface area (Å²) in [6.45, 7) is 1.92. The molecule has 0 fully saturated rings. The standard InChI is InChI=1S/C13H14N4OS/c14-13(16-18)11-2-1-10(7-15-11)17-5-3-12-9(8-17)4-6-19-12/h1-2,4,6-7,18H,3,5,8H2,(H2,14,16). The van der Waals surface area contributed by atoms with Crippen LogP contribution in [0.15, 0.2) is 34.9 Å². The lowest BCUT2D eigenvalue weighted by Gasteiger charge is -2.28. The second-order valence-electron chi connectivity index (χ2n) is 4.43. The molecule has 0 saturated heterocycles. The van der Waals surface area contributed by atoms with Crippen molar-refractivity contribution < 1.29 is 5.21 Å². The van der Waals surface area contributed by atoms with Gasteiger partial charge in [-0.15, -0.1) is 11.3 Å². The minimum absolute atomic E-state index is 0.0327. The van der Waals surface area contributed by atoms with Gasteiger partial charge in [-0.1, -0.05) is 5.16 Å². The highest BCUT2D eigenvalue weighted by Crippen LogP contribution is 2.27. The second kappa shape index (κ2) is 4.89. The summed E-state index contributed by atoms with van der Waals surface area (Å²) in [6, 6.07) is 5.91. The van der Waals surface area contributed by atoms with Gasteiger partial charge >= 0.3 is 0 Å². The van der Waals surface area contributed by atoms with Crippen molar-refractivity contribution in [3.63, 3.8) is 0 Å². The molecular weight excluding hydrogens is 260 g/mol. The van der Waals surface area contributed by atoms with Crippen molar-refractivity contribution >= 4 is 22.9 Å². The Kier molecular flexibility index (Phi) is 3.08. The molecule has 1 aliphatic heterocycles. The van der Waals surface area contributed by atoms with Crippen LogP contribution in [0.5, 0.6) is 0 Å². The number of aromatic nitrogens is 1. The Morgan fingerprint density at radius 2 is 2.32 bits per heavy atom. The number of oxime groups is 1. The molecule has 5 nitrogen and oxygen atoms in total. The Hall–Kier alpha value is -2.08. The van der Waals surface area contributed by atoms with Crippen LogP contribution in [0.3, 0.4) is 0 Å². The van der Waals surface area contributed by atoms with Gasteiger partial charge in [-0.3, -0.25) is 4.98 Å². The largest absolute Gasteiger partial charge is 0.409 e. The summed E-state index contributed by atoms with van der Waals surface area (Å²) in [5, 5.41) is 13.7. The molecule has 98 valence electrons. The lowest BCUT2D eigenvalue weighted by molar-refractivity contribution is 0.318. The molecule has 6 heteroatoms. The van der Waals surface area contributed by atoms with Gasteiger partial charge in [0.05, 0.1) is 11.9 Å². The van der Waals surface area contributed by atoms with Crippen molar-refractivity contribution in [2.45, 2.75) is 13.0 Å². The van der Waals surface area contributed by atoms with E-state index < -0.39 is 0 Å². The molecule has 0 saturated carbocycles. The molecule has 0 amide bonds. The summed E-state index contributed by atoms with van der Waals surface area (Å²) in [5.41, 5.74) is 8.44. The number of thiophene rings is 1. The van der Waals surface area contributed by atoms with E-state index >= 15 is 0 Å². The summed E-state index contributed by atoms with van der Waals surface area (Å²) in [7, 11) is 0. The molecule has 0 atom stereocenters. The van der Waals surface area contributed by atoms with Crippen LogP contribution in [-0.4, -0.2) is 22.6 Å². The molecule has 0 spiro atoms. The fraction of sp³-hybridized carbons (Fsp3) is 0.231. The summed E-state index contributed by atoms with van der Waals surface area (Å²) in [5.74, 6) is 0.0327. The second-order valence-corrected chi connectivity index (χ2v) is 5.43. The molecule has 19 heavy (non-hydrogen) atoms. The van der Waals surface area contributed by atoms with Gasteiger partial charge in [0.25, 0.3) is 0 Å². The van der Waals surface area contributed by atoms with Crippen molar-refractivity contribution in [1.82, 2.24) is 4.98 Å². The van der Waals surface area contributed by atoms with E-state index in [2.05, 4.69) is 26.5 Å². The molecule has 0 radical (unpaired) electrons. The predicted octanol–water partition coefficient (Wildman–Crippen LogP) is 1.80. The van der Waals surface area contributed by atoms with Gasteiger partial charge in [-0.05, 0) is 35.6 Å². The first-order chi connectivity index (χ1) is 9.28. The lowest BCUT2D eigenvalue weighted by Crippen LogP contribution is -2.29. The van der Waals surface area contributed by atoms with Crippen molar-refractivity contribution in [2.75, 3.05) is 11.4 Å². The van der Waals surface area contributed by atoms with Crippen molar-refractivity contribution in [2.24, 2.45) is 10.9 Å². The third kappa shape index (κ3) is 2.26. The van der Waals surface area contributed by atoms with Crippen LogP contribution in [0.2, 0.25) is 0 Å². The smallest absolute Gasteiger partial charge is 0.188 e. The van der Waals surface area contributed by atoms with E-state index in [9.17, 15) is 0 Å². The molecule has 0 aromatic carbocycles. The number of hydrogen-bond donors (Lipinski definition) is 2. The maximum Gasteiger partial charge on any atom is 0.188 e. The molecule has 0 bridgehead atoms. The normalized spacial score (nSPS) is 15.4. The fourth-order valence-corrected chi connectivity index (χ4v) is 3.13. The Labute approximate surface area is 115 Å². The summed E-state index contributed by atoms with van der Waals surface area (Å²) >= 11 is 1.83. The average Bonchev–Trinajstić information content (AvgIpc) is 2.94. The zero-order valence-electron chi connectivity index (χ0n) is 10.3. The van der Waals surface area contributed by atoms with E-state index in [0.717, 1.165) is 25.2 Å². The molecule has 2 aromatic rings. The van der Waals surface area contributed by atoms with Crippen LogP contribution in [0.4, 0.5) is 5.69 Å². The number of nitrogens with zero attached hydrogens (tertiary/aromatic N) is 3. The van der Waals surface area contributed by atoms with Crippen molar-refractivity contribution in [3.05, 3.63) is 45.9 Å². The maximum absolute atomic E-state index is 8.61. The summed E-state index contributed by atoms with van der Waals surface area (Å²) in [4.78, 5) is 7.99. The highest BCUT2D eigenvalue weighted by Gasteiger charge is 2.17. The monoisotopic (exact) mass is 274 g/mol. The molecule has 1 aliphatic rings. The first-order valence-electron chi connectivity index (χ1n) is 6.02. The Morgan fingerprint density at radius 1 is 1.42 bits per heavy atom. The molecule has 0 aliphatic carbocycles.